The van der Waals surface area contributed by atoms with Gasteiger partial charge in [0, 0.05) is 36.6 Å². The molecule has 0 radical (unpaired) electrons. The molecule has 1 amide bonds. The summed E-state index contributed by atoms with van der Waals surface area (Å²) in [6.45, 7) is 1.26. The molecule has 5 rings (SSSR count). The lowest BCUT2D eigenvalue weighted by Crippen LogP contribution is -2.45. The molecule has 39 heavy (non-hydrogen) atoms. The van der Waals surface area contributed by atoms with E-state index < -0.39 is 29.0 Å². The van der Waals surface area contributed by atoms with E-state index in [2.05, 4.69) is 14.8 Å². The molecule has 1 unspecified atom stereocenters. The highest BCUT2D eigenvalue weighted by Gasteiger charge is 2.43. The van der Waals surface area contributed by atoms with E-state index in [9.17, 15) is 22.2 Å². The number of methoxy groups -OCH3 is 1. The fourth-order valence-electron chi connectivity index (χ4n) is 4.62. The number of alkyl halides is 3. The summed E-state index contributed by atoms with van der Waals surface area (Å²) in [6.07, 6.45) is -3.93. The van der Waals surface area contributed by atoms with Crippen LogP contribution < -0.4 is 19.3 Å². The fourth-order valence-corrected chi connectivity index (χ4v) is 5.02. The SMILES string of the molecule is COc1ccc(-n2nc(C(F)(F)F)c3c2C(=O)N(c2ccc(N4CCCN=C4NS(=O)OC)cc2)CC3)cc1. The lowest BCUT2D eigenvalue weighted by Gasteiger charge is -2.30. The lowest BCUT2D eigenvalue weighted by molar-refractivity contribution is -0.141. The van der Waals surface area contributed by atoms with Crippen LogP contribution in [0.25, 0.3) is 5.69 Å². The third-order valence-electron chi connectivity index (χ3n) is 6.46. The molecular weight excluding hydrogens is 537 g/mol. The number of aliphatic imine (C=N–C) groups is 1. The number of nitrogens with one attached hydrogen (secondary N) is 1. The monoisotopic (exact) mass is 562 g/mol. The maximum absolute atomic E-state index is 13.9. The zero-order valence-corrected chi connectivity index (χ0v) is 21.9. The quantitative estimate of drug-likeness (QED) is 0.494. The van der Waals surface area contributed by atoms with Gasteiger partial charge in [-0.1, -0.05) is 0 Å². The highest BCUT2D eigenvalue weighted by atomic mass is 32.2. The molecule has 0 saturated carbocycles. The smallest absolute Gasteiger partial charge is 0.435 e. The Balaban J connectivity index is 1.46. The van der Waals surface area contributed by atoms with Crippen molar-refractivity contribution in [3.63, 3.8) is 0 Å². The van der Waals surface area contributed by atoms with Crippen molar-refractivity contribution in [2.75, 3.05) is 43.7 Å². The number of guanidine groups is 1. The second kappa shape index (κ2) is 10.7. The number of rotatable bonds is 6. The summed E-state index contributed by atoms with van der Waals surface area (Å²) in [5.74, 6) is 0.338. The number of aromatic nitrogens is 2. The van der Waals surface area contributed by atoms with Crippen molar-refractivity contribution in [2.45, 2.75) is 19.0 Å². The molecule has 0 bridgehead atoms. The summed E-state index contributed by atoms with van der Waals surface area (Å²) < 4.78 is 67.1. The minimum atomic E-state index is -4.71. The maximum Gasteiger partial charge on any atom is 0.435 e. The van der Waals surface area contributed by atoms with Crippen LogP contribution in [0.3, 0.4) is 0 Å². The van der Waals surface area contributed by atoms with Crippen LogP contribution in [0.4, 0.5) is 24.5 Å². The highest BCUT2D eigenvalue weighted by Crippen LogP contribution is 2.37. The van der Waals surface area contributed by atoms with Gasteiger partial charge in [0.2, 0.25) is 5.96 Å². The minimum absolute atomic E-state index is 0.0104. The van der Waals surface area contributed by atoms with Crippen LogP contribution in [0.15, 0.2) is 53.5 Å². The molecule has 2 aromatic carbocycles. The first-order chi connectivity index (χ1) is 18.7. The topological polar surface area (TPSA) is 101 Å². The predicted molar refractivity (Wildman–Crippen MR) is 139 cm³/mol. The third-order valence-corrected chi connectivity index (χ3v) is 7.11. The van der Waals surface area contributed by atoms with Crippen molar-refractivity contribution >= 4 is 34.5 Å². The number of carbonyl (C=O) groups excluding carboxylic acids is 1. The Hall–Kier alpha value is -3.91. The molecule has 1 N–H and O–H groups in total. The van der Waals surface area contributed by atoms with Crippen molar-refractivity contribution in [3.05, 3.63) is 65.5 Å². The summed E-state index contributed by atoms with van der Waals surface area (Å²) in [7, 11) is 2.79. The van der Waals surface area contributed by atoms with Gasteiger partial charge in [-0.25, -0.2) is 8.89 Å². The first-order valence-electron chi connectivity index (χ1n) is 12.0. The average Bonchev–Trinajstić information content (AvgIpc) is 3.35. The van der Waals surface area contributed by atoms with Crippen LogP contribution in [0.2, 0.25) is 0 Å². The Bertz CT molecular complexity index is 1420. The highest BCUT2D eigenvalue weighted by molar-refractivity contribution is 7.78. The van der Waals surface area contributed by atoms with E-state index in [0.717, 1.165) is 16.8 Å². The van der Waals surface area contributed by atoms with E-state index in [4.69, 9.17) is 8.92 Å². The number of halogens is 3. The van der Waals surface area contributed by atoms with Crippen molar-refractivity contribution in [2.24, 2.45) is 4.99 Å². The molecule has 1 aromatic heterocycles. The first kappa shape index (κ1) is 26.7. The third kappa shape index (κ3) is 5.21. The Morgan fingerprint density at radius 1 is 0.949 bits per heavy atom. The van der Waals surface area contributed by atoms with Crippen LogP contribution in [-0.4, -0.2) is 59.7 Å². The van der Waals surface area contributed by atoms with Gasteiger partial charge in [-0.05, 0) is 61.4 Å². The lowest BCUT2D eigenvalue weighted by atomic mass is 10.0. The molecule has 14 heteroatoms. The van der Waals surface area contributed by atoms with Crippen LogP contribution in [0.1, 0.15) is 28.2 Å². The largest absolute Gasteiger partial charge is 0.497 e. The molecule has 3 heterocycles. The summed E-state index contributed by atoms with van der Waals surface area (Å²) in [6, 6.07) is 13.3. The number of benzene rings is 2. The number of amides is 1. The number of hydrogen-bond donors (Lipinski definition) is 1. The number of hydrogen-bond acceptors (Lipinski definition) is 7. The molecule has 1 atom stereocenters. The van der Waals surface area contributed by atoms with Gasteiger partial charge in [-0.3, -0.25) is 18.7 Å². The number of carbonyl (C=O) groups is 1. The normalized spacial score (nSPS) is 16.5. The van der Waals surface area contributed by atoms with E-state index in [-0.39, 0.29) is 24.2 Å². The number of ether oxygens (including phenoxy) is 1. The Morgan fingerprint density at radius 2 is 1.59 bits per heavy atom. The van der Waals surface area contributed by atoms with Crippen LogP contribution in [0, 0.1) is 0 Å². The van der Waals surface area contributed by atoms with Crippen LogP contribution in [-0.2, 0) is 28.0 Å². The van der Waals surface area contributed by atoms with Gasteiger partial charge in [-0.15, -0.1) is 0 Å². The molecule has 0 aliphatic carbocycles. The Morgan fingerprint density at radius 3 is 2.21 bits per heavy atom. The summed E-state index contributed by atoms with van der Waals surface area (Å²) >= 11 is -1.75. The molecular formula is C25H25F3N6O4S. The molecule has 3 aromatic rings. The predicted octanol–water partition coefficient (Wildman–Crippen LogP) is 3.48. The van der Waals surface area contributed by atoms with E-state index in [0.29, 0.717) is 36.2 Å². The van der Waals surface area contributed by atoms with E-state index in [1.807, 2.05) is 4.90 Å². The summed E-state index contributed by atoms with van der Waals surface area (Å²) in [4.78, 5) is 21.3. The molecule has 0 fully saturated rings. The molecule has 0 saturated heterocycles. The molecule has 206 valence electrons. The average molecular weight is 563 g/mol. The van der Waals surface area contributed by atoms with Gasteiger partial charge in [0.15, 0.2) is 5.69 Å². The van der Waals surface area contributed by atoms with Gasteiger partial charge >= 0.3 is 6.18 Å². The van der Waals surface area contributed by atoms with E-state index in [1.165, 1.54) is 19.1 Å². The van der Waals surface area contributed by atoms with Gasteiger partial charge in [0.05, 0.1) is 19.9 Å². The minimum Gasteiger partial charge on any atom is -0.497 e. The van der Waals surface area contributed by atoms with Crippen molar-refractivity contribution in [1.82, 2.24) is 14.5 Å². The number of nitrogens with zero attached hydrogens (tertiary/aromatic N) is 5. The zero-order chi connectivity index (χ0) is 27.7. The summed E-state index contributed by atoms with van der Waals surface area (Å²) in [5, 5.41) is 3.82. The van der Waals surface area contributed by atoms with Gasteiger partial charge in [0.25, 0.3) is 17.2 Å². The number of fused-ring (bicyclic) bond motifs is 1. The first-order valence-corrected chi connectivity index (χ1v) is 13.1. The van der Waals surface area contributed by atoms with Crippen molar-refractivity contribution in [1.29, 1.82) is 0 Å². The molecule has 0 spiro atoms. The van der Waals surface area contributed by atoms with Gasteiger partial charge in [-0.2, -0.15) is 18.3 Å². The van der Waals surface area contributed by atoms with E-state index in [1.54, 1.807) is 48.5 Å². The Kier molecular flexibility index (Phi) is 7.32. The van der Waals surface area contributed by atoms with Crippen molar-refractivity contribution < 1.29 is 31.1 Å². The van der Waals surface area contributed by atoms with Gasteiger partial charge < -0.3 is 14.5 Å². The molecule has 10 nitrogen and oxygen atoms in total. The fraction of sp³-hybridized carbons (Fsp3) is 0.320. The maximum atomic E-state index is 13.9. The molecule has 2 aliphatic heterocycles. The standard InChI is InChI=1S/C25H25F3N6O4S/c1-37-19-10-8-18(9-11-19)34-21-20(22(30-34)25(26,27)28)12-15-32(23(21)35)16-4-6-17(7-5-16)33-14-3-13-29-24(33)31-39(36)38-2/h4-11H,3,12-15H2,1-2H3,(H,29,31). The number of anilines is 2. The van der Waals surface area contributed by atoms with E-state index >= 15 is 0 Å². The van der Waals surface area contributed by atoms with Gasteiger partial charge in [0.1, 0.15) is 11.4 Å². The second-order valence-electron chi connectivity index (χ2n) is 8.72. The van der Waals surface area contributed by atoms with Crippen LogP contribution in [0.5, 0.6) is 5.75 Å². The summed E-state index contributed by atoms with van der Waals surface area (Å²) in [5.41, 5.74) is 0.266. The second-order valence-corrected chi connectivity index (χ2v) is 9.73. The Labute approximate surface area is 224 Å². The zero-order valence-electron chi connectivity index (χ0n) is 21.1. The van der Waals surface area contributed by atoms with Crippen LogP contribution >= 0.6 is 0 Å². The van der Waals surface area contributed by atoms with Crippen molar-refractivity contribution in [3.8, 4) is 11.4 Å². The molecule has 2 aliphatic rings.